The molecule has 1 heterocycles. The first-order chi connectivity index (χ1) is 28.2. The number of carbonyl (C=O) groups excluding carboxylic acids is 3. The molecule has 14 nitrogen and oxygen atoms in total. The summed E-state index contributed by atoms with van der Waals surface area (Å²) >= 11 is 0. The van der Waals surface area contributed by atoms with Gasteiger partial charge in [-0.2, -0.15) is 0 Å². The number of azide groups is 1. The summed E-state index contributed by atoms with van der Waals surface area (Å²) < 4.78 is 27.3. The van der Waals surface area contributed by atoms with Crippen LogP contribution in [0.25, 0.3) is 21.4 Å². The normalized spacial score (nSPS) is 29.5. The molecule has 322 valence electrons. The van der Waals surface area contributed by atoms with Gasteiger partial charge in [-0.25, -0.2) is 4.79 Å². The summed E-state index contributed by atoms with van der Waals surface area (Å²) in [5.74, 6) is 0.251. The molecule has 1 unspecified atom stereocenters. The Kier molecular flexibility index (Phi) is 14.4. The number of carboxylic acid groups (broad SMARTS) is 1. The van der Waals surface area contributed by atoms with E-state index < -0.39 is 29.9 Å². The topological polar surface area (TPSA) is 204 Å². The number of benzene rings is 1. The zero-order chi connectivity index (χ0) is 42.3. The molecule has 4 aliphatic rings. The number of nitrogens with zero attached hydrogens (tertiary/aromatic N) is 3. The van der Waals surface area contributed by atoms with Gasteiger partial charge in [-0.05, 0) is 134 Å². The van der Waals surface area contributed by atoms with Gasteiger partial charge in [0.1, 0.15) is 29.8 Å². The van der Waals surface area contributed by atoms with Crippen molar-refractivity contribution in [1.29, 1.82) is 0 Å². The number of esters is 2. The van der Waals surface area contributed by atoms with Crippen LogP contribution in [-0.4, -0.2) is 68.4 Å². The van der Waals surface area contributed by atoms with Crippen LogP contribution in [0.5, 0.6) is 5.75 Å². The van der Waals surface area contributed by atoms with Gasteiger partial charge in [0.2, 0.25) is 0 Å². The van der Waals surface area contributed by atoms with Gasteiger partial charge in [-0.3, -0.25) is 19.2 Å². The molecule has 1 aromatic carbocycles. The lowest BCUT2D eigenvalue weighted by molar-refractivity contribution is -0.169. The molecule has 6 rings (SSSR count). The first-order valence-corrected chi connectivity index (χ1v) is 21.5. The highest BCUT2D eigenvalue weighted by atomic mass is 16.6. The second kappa shape index (κ2) is 19.3. The monoisotopic (exact) mass is 819 g/mol. The first-order valence-electron chi connectivity index (χ1n) is 21.5. The maximum atomic E-state index is 13.6. The molecule has 10 atom stereocenters. The largest absolute Gasteiger partial charge is 0.497 e. The van der Waals surface area contributed by atoms with Crippen LogP contribution in [0.15, 0.2) is 38.6 Å². The average Bonchev–Trinajstić information content (AvgIpc) is 3.56. The summed E-state index contributed by atoms with van der Waals surface area (Å²) in [7, 11) is 1.50. The molecule has 14 heteroatoms. The van der Waals surface area contributed by atoms with E-state index in [9.17, 15) is 29.1 Å². The highest BCUT2D eigenvalue weighted by molar-refractivity contribution is 5.91. The fraction of sp³-hybridized carbons (Fsp3) is 0.711. The number of methoxy groups -OCH3 is 1. The third-order valence-corrected chi connectivity index (χ3v) is 15.0. The highest BCUT2D eigenvalue weighted by Gasteiger charge is 2.60. The minimum absolute atomic E-state index is 0.138. The van der Waals surface area contributed by atoms with Crippen LogP contribution < -0.4 is 10.4 Å². The Bertz CT molecular complexity index is 1960. The number of carboxylic acids is 1. The maximum Gasteiger partial charge on any atom is 0.336 e. The van der Waals surface area contributed by atoms with E-state index in [0.717, 1.165) is 32.1 Å². The van der Waals surface area contributed by atoms with E-state index in [4.69, 9.17) is 28.9 Å². The number of aliphatic carboxylic acids is 1. The zero-order valence-electron chi connectivity index (χ0n) is 35.0. The second-order valence-corrected chi connectivity index (χ2v) is 18.2. The van der Waals surface area contributed by atoms with Crippen molar-refractivity contribution in [3.05, 3.63) is 50.7 Å². The van der Waals surface area contributed by atoms with Crippen LogP contribution >= 0.6 is 0 Å². The first kappa shape index (κ1) is 44.1. The lowest BCUT2D eigenvalue weighted by Gasteiger charge is -2.61. The quantitative estimate of drug-likeness (QED) is 0.0357. The van der Waals surface area contributed by atoms with Gasteiger partial charge >= 0.3 is 23.5 Å². The summed E-state index contributed by atoms with van der Waals surface area (Å²) in [6.45, 7) is 8.29. The van der Waals surface area contributed by atoms with Crippen LogP contribution in [0, 0.1) is 52.3 Å². The van der Waals surface area contributed by atoms with Gasteiger partial charge in [-0.1, -0.05) is 25.9 Å². The molecule has 59 heavy (non-hydrogen) atoms. The predicted molar refractivity (Wildman–Crippen MR) is 217 cm³/mol. The van der Waals surface area contributed by atoms with Gasteiger partial charge in [-0.15, -0.1) is 0 Å². The van der Waals surface area contributed by atoms with Crippen molar-refractivity contribution in [2.75, 3.05) is 33.5 Å². The molecule has 4 aliphatic carbocycles. The summed E-state index contributed by atoms with van der Waals surface area (Å²) in [5, 5.41) is 13.7. The van der Waals surface area contributed by atoms with Crippen LogP contribution in [0.2, 0.25) is 0 Å². The zero-order valence-corrected chi connectivity index (χ0v) is 35.0. The van der Waals surface area contributed by atoms with Crippen molar-refractivity contribution in [3.63, 3.8) is 0 Å². The van der Waals surface area contributed by atoms with Gasteiger partial charge in [0.05, 0.1) is 32.7 Å². The molecule has 0 aliphatic heterocycles. The molecule has 0 radical (unpaired) electrons. The fourth-order valence-corrected chi connectivity index (χ4v) is 12.1. The van der Waals surface area contributed by atoms with Gasteiger partial charge in [0.15, 0.2) is 0 Å². The molecular weight excluding hydrogens is 759 g/mol. The number of hydrogen-bond acceptors (Lipinski definition) is 11. The number of Topliss-reactive ketones (excluding diaryl/α,β-unsaturated/α-hetero) is 1. The van der Waals surface area contributed by atoms with Gasteiger partial charge in [0, 0.05) is 48.2 Å². The number of ether oxygens (including phenoxy) is 4. The maximum absolute atomic E-state index is 13.6. The van der Waals surface area contributed by atoms with E-state index in [2.05, 4.69) is 30.8 Å². The molecule has 0 bridgehead atoms. The van der Waals surface area contributed by atoms with Crippen LogP contribution in [0.4, 0.5) is 0 Å². The average molecular weight is 820 g/mol. The van der Waals surface area contributed by atoms with Crippen molar-refractivity contribution < 1.29 is 47.6 Å². The third kappa shape index (κ3) is 10.1. The van der Waals surface area contributed by atoms with Crippen molar-refractivity contribution in [2.45, 2.75) is 117 Å². The molecule has 4 fully saturated rings. The third-order valence-electron chi connectivity index (χ3n) is 15.0. The van der Waals surface area contributed by atoms with Crippen molar-refractivity contribution in [1.82, 2.24) is 0 Å². The minimum atomic E-state index is -1.18. The Morgan fingerprint density at radius 3 is 2.53 bits per heavy atom. The van der Waals surface area contributed by atoms with E-state index in [-0.39, 0.29) is 66.9 Å². The minimum Gasteiger partial charge on any atom is -0.497 e. The molecule has 0 saturated heterocycles. The second-order valence-electron chi connectivity index (χ2n) is 18.2. The van der Waals surface area contributed by atoms with Crippen LogP contribution in [0.3, 0.4) is 0 Å². The molecule has 0 amide bonds. The Labute approximate surface area is 345 Å². The Morgan fingerprint density at radius 2 is 1.76 bits per heavy atom. The molecule has 4 saturated carbocycles. The van der Waals surface area contributed by atoms with E-state index >= 15 is 0 Å². The van der Waals surface area contributed by atoms with Gasteiger partial charge < -0.3 is 28.5 Å². The van der Waals surface area contributed by atoms with Gasteiger partial charge in [0.25, 0.3) is 0 Å². The summed E-state index contributed by atoms with van der Waals surface area (Å²) in [4.78, 5) is 66.3. The van der Waals surface area contributed by atoms with Crippen molar-refractivity contribution in [2.24, 2.45) is 57.4 Å². The highest BCUT2D eigenvalue weighted by Crippen LogP contribution is 2.68. The lowest BCUT2D eigenvalue weighted by Crippen LogP contribution is -2.54. The van der Waals surface area contributed by atoms with Crippen LogP contribution in [-0.2, 0) is 39.8 Å². The Morgan fingerprint density at radius 1 is 0.983 bits per heavy atom. The lowest BCUT2D eigenvalue weighted by atomic mass is 9.44. The SMILES string of the molecule is COc1ccc2c(CC(=O)C[C@@H](CC(=O)O)C(=O)O[C@@H]3CC[C@@]4(C)[C@H](CC[C@@H]5[C@@H]4CC[C@]4(C)C([C@H](C)CCC(=O)OCCOCCN=[N+]=[N-])CC[C@@H]54)C3)cc(=O)oc2c1. The smallest absolute Gasteiger partial charge is 0.336 e. The molecule has 1 aromatic heterocycles. The standard InChI is InChI=1S/C45H61N3O11/c1-27(5-12-41(52)57-20-19-56-18-17-47-48-46)36-10-11-37-35-8-6-30-25-33(13-15-44(30,2)38(35)14-16-45(36,37)3)58-43(54)29(23-40(50)51)22-31(49)21-28-24-42(53)59-39-26-32(55-4)7-9-34(28)39/h7,9,24,26-27,29-30,33,35-38H,5-6,8,10-23,25H2,1-4H3,(H,50,51)/t27-,29+,30-,33-,35+,36?,37+,38+,44+,45-/m1/s1. The molecule has 1 N–H and O–H groups in total. The number of ketones is 1. The number of rotatable bonds is 19. The Balaban J connectivity index is 1.01. The van der Waals surface area contributed by atoms with E-state index in [1.807, 2.05) is 0 Å². The number of hydrogen-bond donors (Lipinski definition) is 1. The van der Waals surface area contributed by atoms with E-state index in [1.165, 1.54) is 38.9 Å². The molecule has 2 aromatic rings. The van der Waals surface area contributed by atoms with Crippen molar-refractivity contribution in [3.8, 4) is 5.75 Å². The summed E-state index contributed by atoms with van der Waals surface area (Å²) in [6, 6.07) is 6.22. The number of fused-ring (bicyclic) bond motifs is 6. The summed E-state index contributed by atoms with van der Waals surface area (Å²) in [6.07, 6.45) is 9.28. The van der Waals surface area contributed by atoms with Crippen LogP contribution in [0.1, 0.15) is 110 Å². The summed E-state index contributed by atoms with van der Waals surface area (Å²) in [5.41, 5.74) is 8.81. The van der Waals surface area contributed by atoms with E-state index in [0.29, 0.717) is 71.7 Å². The number of carbonyl (C=O) groups is 4. The fourth-order valence-electron chi connectivity index (χ4n) is 12.1. The van der Waals surface area contributed by atoms with E-state index in [1.54, 1.807) is 18.2 Å². The molecule has 0 spiro atoms. The Hall–Kier alpha value is -4.42. The molecular formula is C45H61N3O11. The van der Waals surface area contributed by atoms with Crippen molar-refractivity contribution >= 4 is 34.7 Å². The predicted octanol–water partition coefficient (Wildman–Crippen LogP) is 8.25.